The molecule has 1 aliphatic heterocycles. The van der Waals surface area contributed by atoms with Gasteiger partial charge in [0.15, 0.2) is 0 Å². The minimum Gasteiger partial charge on any atom is -0.378 e. The van der Waals surface area contributed by atoms with Crippen LogP contribution in [0, 0.1) is 5.92 Å². The number of nitrogens with zero attached hydrogens (tertiary/aromatic N) is 4. The number of carbonyl (C=O) groups is 1. The molecular formula is C25H33ClN4O2. The van der Waals surface area contributed by atoms with Crippen LogP contribution < -0.4 is 4.90 Å². The number of anilines is 1. The third-order valence-electron chi connectivity index (χ3n) is 6.50. The number of methoxy groups -OCH3 is 1. The molecule has 4 rings (SSSR count). The standard InChI is InChI=1S/C25H33ClN4O2/c1-17(2)23-27-22(16-32-3)21(15-18-6-4-9-20(26)14-18)24(28-23)29-10-12-30(13-11-29)25(31)19-7-5-8-19/h4,6,9,14,17,19H,5,7-8,10-13,15-16H2,1-3H3. The van der Waals surface area contributed by atoms with Crippen LogP contribution in [0.15, 0.2) is 24.3 Å². The summed E-state index contributed by atoms with van der Waals surface area (Å²) in [4.78, 5) is 26.9. The zero-order chi connectivity index (χ0) is 22.7. The smallest absolute Gasteiger partial charge is 0.225 e. The summed E-state index contributed by atoms with van der Waals surface area (Å²) in [6.45, 7) is 7.71. The summed E-state index contributed by atoms with van der Waals surface area (Å²) < 4.78 is 5.51. The number of benzene rings is 1. The Hall–Kier alpha value is -2.18. The Balaban J connectivity index is 1.63. The SMILES string of the molecule is COCc1nc(C(C)C)nc(N2CCN(C(=O)C3CCC3)CC2)c1Cc1cccc(Cl)c1. The van der Waals surface area contributed by atoms with Crippen LogP contribution in [0.25, 0.3) is 0 Å². The third kappa shape index (κ3) is 5.07. The van der Waals surface area contributed by atoms with Gasteiger partial charge in [-0.3, -0.25) is 4.79 Å². The first-order valence-corrected chi connectivity index (χ1v) is 12.0. The predicted octanol–water partition coefficient (Wildman–Crippen LogP) is 4.44. The first-order chi connectivity index (χ1) is 15.5. The van der Waals surface area contributed by atoms with Gasteiger partial charge in [-0.2, -0.15) is 0 Å². The second kappa shape index (κ2) is 10.2. The van der Waals surface area contributed by atoms with E-state index in [1.165, 1.54) is 6.42 Å². The van der Waals surface area contributed by atoms with Gasteiger partial charge in [-0.05, 0) is 30.5 Å². The molecule has 0 unspecified atom stereocenters. The fourth-order valence-electron chi connectivity index (χ4n) is 4.40. The lowest BCUT2D eigenvalue weighted by atomic mass is 9.84. The number of hydrogen-bond donors (Lipinski definition) is 0. The van der Waals surface area contributed by atoms with Gasteiger partial charge in [0.25, 0.3) is 0 Å². The first kappa shape index (κ1) is 23.0. The minimum atomic E-state index is 0.214. The number of aromatic nitrogens is 2. The quantitative estimate of drug-likeness (QED) is 0.616. The molecule has 1 saturated carbocycles. The number of piperazine rings is 1. The second-order valence-electron chi connectivity index (χ2n) is 9.17. The van der Waals surface area contributed by atoms with Crippen molar-refractivity contribution in [2.75, 3.05) is 38.2 Å². The van der Waals surface area contributed by atoms with Crippen LogP contribution in [-0.4, -0.2) is 54.1 Å². The zero-order valence-electron chi connectivity index (χ0n) is 19.3. The molecule has 2 aromatic rings. The summed E-state index contributed by atoms with van der Waals surface area (Å²) in [5, 5.41) is 0.722. The lowest BCUT2D eigenvalue weighted by Crippen LogP contribution is -2.51. The molecule has 0 N–H and O–H groups in total. The van der Waals surface area contributed by atoms with E-state index in [1.54, 1.807) is 7.11 Å². The maximum atomic E-state index is 12.7. The van der Waals surface area contributed by atoms with E-state index in [-0.39, 0.29) is 11.8 Å². The molecule has 172 valence electrons. The molecule has 0 atom stereocenters. The van der Waals surface area contributed by atoms with E-state index in [0.29, 0.717) is 18.9 Å². The number of carbonyl (C=O) groups excluding carboxylic acids is 1. The summed E-state index contributed by atoms with van der Waals surface area (Å²) in [6, 6.07) is 7.94. The molecule has 1 aliphatic carbocycles. The molecule has 2 heterocycles. The molecule has 1 aromatic carbocycles. The van der Waals surface area contributed by atoms with Crippen molar-refractivity contribution in [1.29, 1.82) is 0 Å². The van der Waals surface area contributed by atoms with Gasteiger partial charge in [0, 0.05) is 62.1 Å². The van der Waals surface area contributed by atoms with Crippen molar-refractivity contribution in [2.45, 2.75) is 52.1 Å². The van der Waals surface area contributed by atoms with E-state index in [9.17, 15) is 4.79 Å². The van der Waals surface area contributed by atoms with Gasteiger partial charge in [0.05, 0.1) is 12.3 Å². The Morgan fingerprint density at radius 1 is 1.19 bits per heavy atom. The molecule has 2 fully saturated rings. The zero-order valence-corrected chi connectivity index (χ0v) is 20.1. The second-order valence-corrected chi connectivity index (χ2v) is 9.60. The Labute approximate surface area is 195 Å². The monoisotopic (exact) mass is 456 g/mol. The minimum absolute atomic E-state index is 0.214. The van der Waals surface area contributed by atoms with Gasteiger partial charge in [0.1, 0.15) is 11.6 Å². The van der Waals surface area contributed by atoms with Crippen LogP contribution in [0.5, 0.6) is 0 Å². The van der Waals surface area contributed by atoms with Gasteiger partial charge in [-0.1, -0.05) is 44.0 Å². The molecule has 0 radical (unpaired) electrons. The van der Waals surface area contributed by atoms with Crippen LogP contribution in [0.1, 0.15) is 61.7 Å². The van der Waals surface area contributed by atoms with E-state index in [4.69, 9.17) is 26.3 Å². The lowest BCUT2D eigenvalue weighted by Gasteiger charge is -2.39. The summed E-state index contributed by atoms with van der Waals surface area (Å²) in [7, 11) is 1.70. The molecule has 32 heavy (non-hydrogen) atoms. The fourth-order valence-corrected chi connectivity index (χ4v) is 4.61. The molecule has 6 nitrogen and oxygen atoms in total. The summed E-state index contributed by atoms with van der Waals surface area (Å²) in [5.74, 6) is 2.59. The third-order valence-corrected chi connectivity index (χ3v) is 6.74. The molecular weight excluding hydrogens is 424 g/mol. The Bertz CT molecular complexity index is 953. The largest absolute Gasteiger partial charge is 0.378 e. The van der Waals surface area contributed by atoms with E-state index in [0.717, 1.165) is 72.5 Å². The topological polar surface area (TPSA) is 58.6 Å². The molecule has 0 bridgehead atoms. The number of rotatable bonds is 7. The number of halogens is 1. The summed E-state index contributed by atoms with van der Waals surface area (Å²) >= 11 is 6.25. The van der Waals surface area contributed by atoms with Crippen LogP contribution >= 0.6 is 11.6 Å². The number of hydrogen-bond acceptors (Lipinski definition) is 5. The molecule has 7 heteroatoms. The Morgan fingerprint density at radius 3 is 2.53 bits per heavy atom. The molecule has 2 aliphatic rings. The Morgan fingerprint density at radius 2 is 1.94 bits per heavy atom. The highest BCUT2D eigenvalue weighted by molar-refractivity contribution is 6.30. The first-order valence-electron chi connectivity index (χ1n) is 11.6. The van der Waals surface area contributed by atoms with E-state index < -0.39 is 0 Å². The van der Waals surface area contributed by atoms with Crippen molar-refractivity contribution >= 4 is 23.3 Å². The van der Waals surface area contributed by atoms with Gasteiger partial charge in [-0.15, -0.1) is 0 Å². The normalized spacial score (nSPS) is 17.0. The average Bonchev–Trinajstić information content (AvgIpc) is 2.74. The van der Waals surface area contributed by atoms with Crippen molar-refractivity contribution in [3.63, 3.8) is 0 Å². The highest BCUT2D eigenvalue weighted by atomic mass is 35.5. The maximum Gasteiger partial charge on any atom is 0.225 e. The van der Waals surface area contributed by atoms with Gasteiger partial charge in [0.2, 0.25) is 5.91 Å². The maximum absolute atomic E-state index is 12.7. The molecule has 0 spiro atoms. The Kier molecular flexibility index (Phi) is 7.31. The van der Waals surface area contributed by atoms with Crippen molar-refractivity contribution in [2.24, 2.45) is 5.92 Å². The van der Waals surface area contributed by atoms with Crippen LogP contribution in [0.3, 0.4) is 0 Å². The molecule has 1 aromatic heterocycles. The highest BCUT2D eigenvalue weighted by Gasteiger charge is 2.32. The van der Waals surface area contributed by atoms with E-state index >= 15 is 0 Å². The van der Waals surface area contributed by atoms with Gasteiger partial charge >= 0.3 is 0 Å². The summed E-state index contributed by atoms with van der Waals surface area (Å²) in [5.41, 5.74) is 3.13. The van der Waals surface area contributed by atoms with Crippen molar-refractivity contribution < 1.29 is 9.53 Å². The number of ether oxygens (including phenoxy) is 1. The predicted molar refractivity (Wildman–Crippen MR) is 127 cm³/mol. The van der Waals surface area contributed by atoms with E-state index in [2.05, 4.69) is 24.8 Å². The van der Waals surface area contributed by atoms with E-state index in [1.807, 2.05) is 23.1 Å². The molecule has 1 amide bonds. The van der Waals surface area contributed by atoms with Crippen LogP contribution in [-0.2, 0) is 22.6 Å². The van der Waals surface area contributed by atoms with Gasteiger partial charge in [-0.25, -0.2) is 9.97 Å². The average molecular weight is 457 g/mol. The van der Waals surface area contributed by atoms with Crippen molar-refractivity contribution in [1.82, 2.24) is 14.9 Å². The lowest BCUT2D eigenvalue weighted by molar-refractivity contribution is -0.138. The highest BCUT2D eigenvalue weighted by Crippen LogP contribution is 2.31. The van der Waals surface area contributed by atoms with Crippen molar-refractivity contribution in [3.05, 3.63) is 51.9 Å². The number of amides is 1. The van der Waals surface area contributed by atoms with Crippen LogP contribution in [0.4, 0.5) is 5.82 Å². The van der Waals surface area contributed by atoms with Crippen molar-refractivity contribution in [3.8, 4) is 0 Å². The summed E-state index contributed by atoms with van der Waals surface area (Å²) in [6.07, 6.45) is 3.97. The molecule has 1 saturated heterocycles. The van der Waals surface area contributed by atoms with Gasteiger partial charge < -0.3 is 14.5 Å². The van der Waals surface area contributed by atoms with Crippen LogP contribution in [0.2, 0.25) is 5.02 Å². The fraction of sp³-hybridized carbons (Fsp3) is 0.560.